The highest BCUT2D eigenvalue weighted by molar-refractivity contribution is 6.06. The SMILES string of the molecule is Cc1ccccc1NC1CC(c2ccc(-c3ccccc3)cc2)=NNC1=O. The van der Waals surface area contributed by atoms with Crippen molar-refractivity contribution in [3.05, 3.63) is 90.0 Å². The third-order valence-electron chi connectivity index (χ3n) is 4.82. The summed E-state index contributed by atoms with van der Waals surface area (Å²) in [6.45, 7) is 2.03. The number of anilines is 1. The fourth-order valence-corrected chi connectivity index (χ4v) is 3.24. The third-order valence-corrected chi connectivity index (χ3v) is 4.82. The van der Waals surface area contributed by atoms with Gasteiger partial charge in [-0.3, -0.25) is 4.79 Å². The van der Waals surface area contributed by atoms with E-state index in [2.05, 4.69) is 52.2 Å². The minimum Gasteiger partial charge on any atom is -0.373 e. The maximum absolute atomic E-state index is 12.2. The Hall–Kier alpha value is -3.40. The average molecular weight is 355 g/mol. The Bertz CT molecular complexity index is 978. The van der Waals surface area contributed by atoms with Crippen LogP contribution >= 0.6 is 0 Å². The molecule has 0 spiro atoms. The molecule has 0 saturated heterocycles. The van der Waals surface area contributed by atoms with Crippen LogP contribution in [0.3, 0.4) is 0 Å². The number of hydrogen-bond acceptors (Lipinski definition) is 3. The second-order valence-electron chi connectivity index (χ2n) is 6.69. The lowest BCUT2D eigenvalue weighted by molar-refractivity contribution is -0.122. The van der Waals surface area contributed by atoms with Crippen molar-refractivity contribution in [2.45, 2.75) is 19.4 Å². The maximum atomic E-state index is 12.2. The molecule has 0 fully saturated rings. The Morgan fingerprint density at radius 3 is 2.22 bits per heavy atom. The first-order valence-electron chi connectivity index (χ1n) is 9.05. The van der Waals surface area contributed by atoms with E-state index in [4.69, 9.17) is 0 Å². The molecular weight excluding hydrogens is 334 g/mol. The fourth-order valence-electron chi connectivity index (χ4n) is 3.24. The minimum absolute atomic E-state index is 0.108. The van der Waals surface area contributed by atoms with Gasteiger partial charge in [0.05, 0.1) is 5.71 Å². The van der Waals surface area contributed by atoms with Gasteiger partial charge in [0, 0.05) is 12.1 Å². The molecule has 2 N–H and O–H groups in total. The first-order chi connectivity index (χ1) is 13.2. The molecule has 1 unspecified atom stereocenters. The molecule has 0 bridgehead atoms. The zero-order valence-corrected chi connectivity index (χ0v) is 15.1. The summed E-state index contributed by atoms with van der Waals surface area (Å²) < 4.78 is 0. The molecule has 3 aromatic carbocycles. The number of carbonyl (C=O) groups is 1. The van der Waals surface area contributed by atoms with Crippen molar-refractivity contribution in [2.75, 3.05) is 5.32 Å². The summed E-state index contributed by atoms with van der Waals surface area (Å²) in [5.41, 5.74) is 8.98. The third kappa shape index (κ3) is 3.75. The number of carbonyl (C=O) groups excluding carboxylic acids is 1. The van der Waals surface area contributed by atoms with Crippen LogP contribution in [0.5, 0.6) is 0 Å². The normalized spacial score (nSPS) is 16.4. The average Bonchev–Trinajstić information content (AvgIpc) is 2.72. The van der Waals surface area contributed by atoms with Crippen LogP contribution in [-0.2, 0) is 4.79 Å². The Morgan fingerprint density at radius 2 is 1.48 bits per heavy atom. The lowest BCUT2D eigenvalue weighted by Gasteiger charge is -2.24. The summed E-state index contributed by atoms with van der Waals surface area (Å²) >= 11 is 0. The second-order valence-corrected chi connectivity index (χ2v) is 6.69. The number of hydrogen-bond donors (Lipinski definition) is 2. The topological polar surface area (TPSA) is 53.5 Å². The molecule has 27 heavy (non-hydrogen) atoms. The molecule has 1 amide bonds. The van der Waals surface area contributed by atoms with E-state index in [-0.39, 0.29) is 11.9 Å². The van der Waals surface area contributed by atoms with Gasteiger partial charge in [0.15, 0.2) is 0 Å². The van der Waals surface area contributed by atoms with E-state index in [1.54, 1.807) is 0 Å². The number of benzene rings is 3. The van der Waals surface area contributed by atoms with Gasteiger partial charge >= 0.3 is 0 Å². The zero-order chi connectivity index (χ0) is 18.6. The summed E-state index contributed by atoms with van der Waals surface area (Å²) in [7, 11) is 0. The van der Waals surface area contributed by atoms with E-state index < -0.39 is 0 Å². The lowest BCUT2D eigenvalue weighted by Crippen LogP contribution is -2.43. The first kappa shape index (κ1) is 17.0. The van der Waals surface area contributed by atoms with Crippen molar-refractivity contribution in [1.82, 2.24) is 5.43 Å². The molecule has 134 valence electrons. The summed E-state index contributed by atoms with van der Waals surface area (Å²) in [5, 5.41) is 7.62. The Balaban J connectivity index is 1.52. The van der Waals surface area contributed by atoms with Gasteiger partial charge in [-0.1, -0.05) is 72.8 Å². The molecule has 3 aromatic rings. The van der Waals surface area contributed by atoms with Gasteiger partial charge in [-0.2, -0.15) is 5.10 Å². The van der Waals surface area contributed by atoms with Crippen LogP contribution in [0.25, 0.3) is 11.1 Å². The van der Waals surface area contributed by atoms with Crippen LogP contribution in [0.2, 0.25) is 0 Å². The Labute approximate surface area is 158 Å². The number of hydrazone groups is 1. The van der Waals surface area contributed by atoms with Crippen molar-refractivity contribution >= 4 is 17.3 Å². The molecule has 0 aliphatic carbocycles. The number of para-hydroxylation sites is 1. The van der Waals surface area contributed by atoms with E-state index in [0.717, 1.165) is 28.1 Å². The molecule has 1 atom stereocenters. The molecular formula is C23H21N3O. The smallest absolute Gasteiger partial charge is 0.262 e. The van der Waals surface area contributed by atoms with Crippen LogP contribution < -0.4 is 10.7 Å². The van der Waals surface area contributed by atoms with Gasteiger partial charge in [0.25, 0.3) is 5.91 Å². The van der Waals surface area contributed by atoms with Crippen LogP contribution in [0, 0.1) is 6.92 Å². The van der Waals surface area contributed by atoms with Gasteiger partial charge in [-0.05, 0) is 35.2 Å². The number of amides is 1. The summed E-state index contributed by atoms with van der Waals surface area (Å²) in [6, 6.07) is 26.2. The molecule has 1 heterocycles. The van der Waals surface area contributed by atoms with E-state index >= 15 is 0 Å². The fraction of sp³-hybridized carbons (Fsp3) is 0.130. The predicted octanol–water partition coefficient (Wildman–Crippen LogP) is 4.37. The van der Waals surface area contributed by atoms with Crippen molar-refractivity contribution in [3.8, 4) is 11.1 Å². The summed E-state index contributed by atoms with van der Waals surface area (Å²) in [4.78, 5) is 12.2. The molecule has 4 nitrogen and oxygen atoms in total. The minimum atomic E-state index is -0.340. The van der Waals surface area contributed by atoms with Crippen molar-refractivity contribution in [3.63, 3.8) is 0 Å². The van der Waals surface area contributed by atoms with E-state index in [9.17, 15) is 4.79 Å². The van der Waals surface area contributed by atoms with E-state index in [0.29, 0.717) is 6.42 Å². The highest BCUT2D eigenvalue weighted by Crippen LogP contribution is 2.22. The molecule has 0 aromatic heterocycles. The Kier molecular flexibility index (Phi) is 4.71. The molecule has 0 radical (unpaired) electrons. The standard InChI is InChI=1S/C23H21N3O/c1-16-7-5-6-10-20(16)24-22-15-21(25-26-23(22)27)19-13-11-18(12-14-19)17-8-3-2-4-9-17/h2-14,22,24H,15H2,1H3,(H,26,27). The monoisotopic (exact) mass is 355 g/mol. The van der Waals surface area contributed by atoms with Crippen molar-refractivity contribution in [2.24, 2.45) is 5.10 Å². The first-order valence-corrected chi connectivity index (χ1v) is 9.05. The van der Waals surface area contributed by atoms with Crippen molar-refractivity contribution in [1.29, 1.82) is 0 Å². The van der Waals surface area contributed by atoms with Gasteiger partial charge in [-0.15, -0.1) is 0 Å². The molecule has 4 rings (SSSR count). The number of nitrogens with one attached hydrogen (secondary N) is 2. The zero-order valence-electron chi connectivity index (χ0n) is 15.1. The summed E-state index contributed by atoms with van der Waals surface area (Å²) in [6.07, 6.45) is 0.546. The summed E-state index contributed by atoms with van der Waals surface area (Å²) in [5.74, 6) is -0.108. The molecule has 1 aliphatic rings. The predicted molar refractivity (Wildman–Crippen MR) is 110 cm³/mol. The van der Waals surface area contributed by atoms with Crippen LogP contribution in [0.15, 0.2) is 84.0 Å². The van der Waals surface area contributed by atoms with E-state index in [1.165, 1.54) is 5.56 Å². The van der Waals surface area contributed by atoms with Gasteiger partial charge in [0.1, 0.15) is 6.04 Å². The molecule has 4 heteroatoms. The molecule has 1 aliphatic heterocycles. The second kappa shape index (κ2) is 7.46. The number of aryl methyl sites for hydroxylation is 1. The largest absolute Gasteiger partial charge is 0.373 e. The van der Waals surface area contributed by atoms with Gasteiger partial charge < -0.3 is 5.32 Å². The molecule has 0 saturated carbocycles. The quantitative estimate of drug-likeness (QED) is 0.730. The maximum Gasteiger partial charge on any atom is 0.262 e. The lowest BCUT2D eigenvalue weighted by atomic mass is 9.98. The Morgan fingerprint density at radius 1 is 0.852 bits per heavy atom. The highest BCUT2D eigenvalue weighted by atomic mass is 16.2. The van der Waals surface area contributed by atoms with Crippen LogP contribution in [-0.4, -0.2) is 17.7 Å². The van der Waals surface area contributed by atoms with Gasteiger partial charge in [-0.25, -0.2) is 5.43 Å². The van der Waals surface area contributed by atoms with Crippen LogP contribution in [0.1, 0.15) is 17.5 Å². The van der Waals surface area contributed by atoms with Crippen molar-refractivity contribution < 1.29 is 4.79 Å². The highest BCUT2D eigenvalue weighted by Gasteiger charge is 2.25. The number of rotatable bonds is 4. The van der Waals surface area contributed by atoms with Crippen LogP contribution in [0.4, 0.5) is 5.69 Å². The van der Waals surface area contributed by atoms with E-state index in [1.807, 2.05) is 49.4 Å². The number of nitrogens with zero attached hydrogens (tertiary/aromatic N) is 1. The van der Waals surface area contributed by atoms with Gasteiger partial charge in [0.2, 0.25) is 0 Å².